The first kappa shape index (κ1) is 14.7. The summed E-state index contributed by atoms with van der Waals surface area (Å²) >= 11 is 0. The SMILES string of the molecule is N#Cc1ccc(N[C@H]2CCCC[C@@H]2N)cc1C(F)(F)F. The number of nitrogens with one attached hydrogen (secondary N) is 1. The Hall–Kier alpha value is -1.74. The molecule has 2 rings (SSSR count). The van der Waals surface area contributed by atoms with Crippen molar-refractivity contribution in [2.45, 2.75) is 43.9 Å². The third-order valence-electron chi connectivity index (χ3n) is 3.62. The maximum atomic E-state index is 12.9. The number of alkyl halides is 3. The van der Waals surface area contributed by atoms with E-state index < -0.39 is 11.7 Å². The van der Waals surface area contributed by atoms with Gasteiger partial charge in [0, 0.05) is 17.8 Å². The van der Waals surface area contributed by atoms with Gasteiger partial charge in [-0.1, -0.05) is 12.8 Å². The van der Waals surface area contributed by atoms with Gasteiger partial charge in [0.15, 0.2) is 0 Å². The van der Waals surface area contributed by atoms with Gasteiger partial charge < -0.3 is 11.1 Å². The van der Waals surface area contributed by atoms with Crippen molar-refractivity contribution in [3.8, 4) is 6.07 Å². The molecule has 6 heteroatoms. The molecule has 3 N–H and O–H groups in total. The Bertz CT molecular complexity index is 519. The van der Waals surface area contributed by atoms with Crippen molar-refractivity contribution in [1.29, 1.82) is 5.26 Å². The molecule has 0 aromatic heterocycles. The minimum Gasteiger partial charge on any atom is -0.381 e. The van der Waals surface area contributed by atoms with Gasteiger partial charge in [0.25, 0.3) is 0 Å². The van der Waals surface area contributed by atoms with Crippen LogP contribution in [-0.4, -0.2) is 12.1 Å². The van der Waals surface area contributed by atoms with Gasteiger partial charge in [0.1, 0.15) is 0 Å². The lowest BCUT2D eigenvalue weighted by atomic mass is 9.90. The van der Waals surface area contributed by atoms with Crippen LogP contribution in [0.25, 0.3) is 0 Å². The standard InChI is InChI=1S/C14H16F3N3/c15-14(16,17)11-7-10(6-5-9(11)8-18)20-13-4-2-1-3-12(13)19/h5-7,12-13,20H,1-4,19H2/t12-,13-/m0/s1. The van der Waals surface area contributed by atoms with E-state index in [0.29, 0.717) is 5.69 Å². The summed E-state index contributed by atoms with van der Waals surface area (Å²) in [6.07, 6.45) is -0.728. The predicted octanol–water partition coefficient (Wildman–Crippen LogP) is 3.26. The number of anilines is 1. The average Bonchev–Trinajstić information content (AvgIpc) is 2.40. The van der Waals surface area contributed by atoms with Crippen molar-refractivity contribution < 1.29 is 13.2 Å². The van der Waals surface area contributed by atoms with Crippen LogP contribution < -0.4 is 11.1 Å². The highest BCUT2D eigenvalue weighted by atomic mass is 19.4. The highest BCUT2D eigenvalue weighted by molar-refractivity contribution is 5.53. The second-order valence-electron chi connectivity index (χ2n) is 5.07. The Morgan fingerprint density at radius 1 is 1.25 bits per heavy atom. The first-order valence-electron chi connectivity index (χ1n) is 6.55. The van der Waals surface area contributed by atoms with Crippen LogP contribution in [0.4, 0.5) is 18.9 Å². The number of halogens is 3. The van der Waals surface area contributed by atoms with E-state index in [9.17, 15) is 13.2 Å². The van der Waals surface area contributed by atoms with E-state index in [1.54, 1.807) is 6.07 Å². The summed E-state index contributed by atoms with van der Waals surface area (Å²) in [5, 5.41) is 11.8. The summed E-state index contributed by atoms with van der Waals surface area (Å²) < 4.78 is 38.6. The molecule has 0 radical (unpaired) electrons. The number of nitriles is 1. The Balaban J connectivity index is 2.23. The summed E-state index contributed by atoms with van der Waals surface area (Å²) in [5.74, 6) is 0. The number of hydrogen-bond acceptors (Lipinski definition) is 3. The number of hydrogen-bond donors (Lipinski definition) is 2. The molecule has 0 unspecified atom stereocenters. The fourth-order valence-electron chi connectivity index (χ4n) is 2.52. The van der Waals surface area contributed by atoms with Crippen molar-refractivity contribution in [3.05, 3.63) is 29.3 Å². The van der Waals surface area contributed by atoms with E-state index >= 15 is 0 Å². The van der Waals surface area contributed by atoms with Gasteiger partial charge in [0.05, 0.1) is 17.2 Å². The molecule has 0 bridgehead atoms. The van der Waals surface area contributed by atoms with Crippen LogP contribution in [0.3, 0.4) is 0 Å². The van der Waals surface area contributed by atoms with Crippen LogP contribution in [0.2, 0.25) is 0 Å². The molecule has 1 saturated carbocycles. The molecule has 1 fully saturated rings. The molecular weight excluding hydrogens is 267 g/mol. The van der Waals surface area contributed by atoms with Gasteiger partial charge in [-0.25, -0.2) is 0 Å². The number of rotatable bonds is 2. The molecule has 1 aliphatic rings. The number of nitrogens with zero attached hydrogens (tertiary/aromatic N) is 1. The lowest BCUT2D eigenvalue weighted by Crippen LogP contribution is -2.42. The largest absolute Gasteiger partial charge is 0.417 e. The van der Waals surface area contributed by atoms with Crippen LogP contribution >= 0.6 is 0 Å². The zero-order valence-electron chi connectivity index (χ0n) is 10.9. The minimum absolute atomic E-state index is 0.0160. The summed E-state index contributed by atoms with van der Waals surface area (Å²) in [7, 11) is 0. The molecule has 0 aliphatic heterocycles. The van der Waals surface area contributed by atoms with Crippen molar-refractivity contribution in [2.75, 3.05) is 5.32 Å². The smallest absolute Gasteiger partial charge is 0.381 e. The topological polar surface area (TPSA) is 61.8 Å². The van der Waals surface area contributed by atoms with Gasteiger partial charge in [-0.15, -0.1) is 0 Å². The van der Waals surface area contributed by atoms with Crippen molar-refractivity contribution in [3.63, 3.8) is 0 Å². The summed E-state index contributed by atoms with van der Waals surface area (Å²) in [6.45, 7) is 0. The lowest BCUT2D eigenvalue weighted by Gasteiger charge is -2.30. The zero-order valence-corrected chi connectivity index (χ0v) is 10.9. The number of nitrogens with two attached hydrogens (primary N) is 1. The van der Waals surface area contributed by atoms with E-state index in [1.807, 2.05) is 0 Å². The molecule has 1 aliphatic carbocycles. The number of benzene rings is 1. The predicted molar refractivity (Wildman–Crippen MR) is 70.0 cm³/mol. The summed E-state index contributed by atoms with van der Waals surface area (Å²) in [4.78, 5) is 0. The molecule has 2 atom stereocenters. The van der Waals surface area contributed by atoms with Crippen LogP contribution in [0.15, 0.2) is 18.2 Å². The van der Waals surface area contributed by atoms with E-state index in [1.165, 1.54) is 12.1 Å². The van der Waals surface area contributed by atoms with Gasteiger partial charge in [-0.05, 0) is 31.0 Å². The van der Waals surface area contributed by atoms with Gasteiger partial charge in [-0.2, -0.15) is 18.4 Å². The second-order valence-corrected chi connectivity index (χ2v) is 5.07. The molecule has 1 aromatic carbocycles. The van der Waals surface area contributed by atoms with Crippen molar-refractivity contribution in [1.82, 2.24) is 0 Å². The van der Waals surface area contributed by atoms with Crippen LogP contribution in [0.1, 0.15) is 36.8 Å². The molecule has 20 heavy (non-hydrogen) atoms. The van der Waals surface area contributed by atoms with Crippen molar-refractivity contribution in [2.24, 2.45) is 5.73 Å². The maximum Gasteiger partial charge on any atom is 0.417 e. The normalized spacial score (nSPS) is 23.1. The van der Waals surface area contributed by atoms with Crippen molar-refractivity contribution >= 4 is 5.69 Å². The highest BCUT2D eigenvalue weighted by Gasteiger charge is 2.34. The maximum absolute atomic E-state index is 12.9. The Morgan fingerprint density at radius 2 is 1.95 bits per heavy atom. The lowest BCUT2D eigenvalue weighted by molar-refractivity contribution is -0.137. The Kier molecular flexibility index (Phi) is 4.19. The fourth-order valence-corrected chi connectivity index (χ4v) is 2.52. The molecule has 0 amide bonds. The van der Waals surface area contributed by atoms with E-state index in [0.717, 1.165) is 31.7 Å². The minimum atomic E-state index is -4.53. The monoisotopic (exact) mass is 283 g/mol. The molecule has 0 heterocycles. The Labute approximate surface area is 115 Å². The Morgan fingerprint density at radius 3 is 2.55 bits per heavy atom. The third-order valence-corrected chi connectivity index (χ3v) is 3.62. The van der Waals surface area contributed by atoms with Crippen LogP contribution in [0, 0.1) is 11.3 Å². The first-order valence-corrected chi connectivity index (χ1v) is 6.55. The van der Waals surface area contributed by atoms with E-state index in [4.69, 9.17) is 11.0 Å². The average molecular weight is 283 g/mol. The zero-order chi connectivity index (χ0) is 14.8. The quantitative estimate of drug-likeness (QED) is 0.875. The molecule has 0 saturated heterocycles. The highest BCUT2D eigenvalue weighted by Crippen LogP contribution is 2.34. The summed E-state index contributed by atoms with van der Waals surface area (Å²) in [6, 6.07) is 5.18. The second kappa shape index (κ2) is 5.71. The van der Waals surface area contributed by atoms with Crippen LogP contribution in [0.5, 0.6) is 0 Å². The van der Waals surface area contributed by atoms with E-state index in [2.05, 4.69) is 5.32 Å². The molecular formula is C14H16F3N3. The van der Waals surface area contributed by atoms with E-state index in [-0.39, 0.29) is 17.6 Å². The van der Waals surface area contributed by atoms with Gasteiger partial charge in [0.2, 0.25) is 0 Å². The van der Waals surface area contributed by atoms with Gasteiger partial charge in [-0.3, -0.25) is 0 Å². The van der Waals surface area contributed by atoms with Crippen LogP contribution in [-0.2, 0) is 6.18 Å². The van der Waals surface area contributed by atoms with Gasteiger partial charge >= 0.3 is 6.18 Å². The fraction of sp³-hybridized carbons (Fsp3) is 0.500. The summed E-state index contributed by atoms with van der Waals surface area (Å²) in [5.41, 5.74) is 5.06. The molecule has 1 aromatic rings. The molecule has 0 spiro atoms. The third kappa shape index (κ3) is 3.23. The first-order chi connectivity index (χ1) is 9.41. The molecule has 3 nitrogen and oxygen atoms in total. The molecule has 108 valence electrons.